The summed E-state index contributed by atoms with van der Waals surface area (Å²) >= 11 is 0. The lowest BCUT2D eigenvalue weighted by atomic mass is 10.2. The number of halogens is 1. The first-order valence-electron chi connectivity index (χ1n) is 7.30. The Balaban J connectivity index is 0.00000192. The Labute approximate surface area is 141 Å². The van der Waals surface area contributed by atoms with E-state index >= 15 is 0 Å². The van der Waals surface area contributed by atoms with Gasteiger partial charge in [-0.2, -0.15) is 0 Å². The molecule has 1 aromatic carbocycles. The number of nitrogens with one attached hydrogen (secondary N) is 2. The molecule has 1 aromatic heterocycles. The van der Waals surface area contributed by atoms with Crippen LogP contribution in [-0.2, 0) is 9.53 Å². The summed E-state index contributed by atoms with van der Waals surface area (Å²) in [5.41, 5.74) is 1.55. The first kappa shape index (κ1) is 17.3. The summed E-state index contributed by atoms with van der Waals surface area (Å²) in [7, 11) is 0. The average molecular weight is 335 g/mol. The Morgan fingerprint density at radius 2 is 2.00 bits per heavy atom. The predicted molar refractivity (Wildman–Crippen MR) is 90.6 cm³/mol. The first-order chi connectivity index (χ1) is 10.8. The molecular weight excluding hydrogens is 316 g/mol. The highest BCUT2D eigenvalue weighted by Crippen LogP contribution is 2.15. The van der Waals surface area contributed by atoms with Crippen LogP contribution >= 0.6 is 12.4 Å². The molecule has 23 heavy (non-hydrogen) atoms. The van der Waals surface area contributed by atoms with Crippen molar-refractivity contribution in [2.75, 3.05) is 25.1 Å². The first-order valence-corrected chi connectivity index (χ1v) is 7.30. The van der Waals surface area contributed by atoms with Gasteiger partial charge in [-0.15, -0.1) is 12.4 Å². The molecular formula is C16H19ClN4O2. The van der Waals surface area contributed by atoms with Gasteiger partial charge in [0.15, 0.2) is 5.82 Å². The molecule has 1 saturated heterocycles. The zero-order chi connectivity index (χ0) is 15.2. The van der Waals surface area contributed by atoms with Crippen molar-refractivity contribution in [2.24, 2.45) is 0 Å². The van der Waals surface area contributed by atoms with Crippen molar-refractivity contribution in [3.05, 3.63) is 42.7 Å². The van der Waals surface area contributed by atoms with E-state index in [2.05, 4.69) is 20.6 Å². The van der Waals surface area contributed by atoms with Crippen molar-refractivity contribution < 1.29 is 9.53 Å². The number of aromatic nitrogens is 2. The number of rotatable bonds is 4. The molecule has 3 rings (SSSR count). The second-order valence-electron chi connectivity index (χ2n) is 5.14. The van der Waals surface area contributed by atoms with E-state index in [9.17, 15) is 4.79 Å². The van der Waals surface area contributed by atoms with Gasteiger partial charge in [0.1, 0.15) is 0 Å². The molecule has 1 aliphatic heterocycles. The minimum absolute atomic E-state index is 0. The summed E-state index contributed by atoms with van der Waals surface area (Å²) in [6.45, 7) is 2.05. The van der Waals surface area contributed by atoms with Crippen LogP contribution in [0.25, 0.3) is 11.4 Å². The van der Waals surface area contributed by atoms with E-state index in [0.29, 0.717) is 31.1 Å². The zero-order valence-electron chi connectivity index (χ0n) is 12.6. The van der Waals surface area contributed by atoms with E-state index in [-0.39, 0.29) is 24.4 Å². The quantitative estimate of drug-likeness (QED) is 0.893. The van der Waals surface area contributed by atoms with E-state index < -0.39 is 0 Å². The van der Waals surface area contributed by atoms with Gasteiger partial charge in [-0.1, -0.05) is 30.3 Å². The van der Waals surface area contributed by atoms with Gasteiger partial charge in [-0.25, -0.2) is 9.97 Å². The Morgan fingerprint density at radius 1 is 1.26 bits per heavy atom. The topological polar surface area (TPSA) is 76.1 Å². The molecule has 1 aliphatic rings. The van der Waals surface area contributed by atoms with Gasteiger partial charge in [-0.3, -0.25) is 4.79 Å². The van der Waals surface area contributed by atoms with E-state index in [1.54, 1.807) is 12.4 Å². The van der Waals surface area contributed by atoms with Crippen LogP contribution in [0.1, 0.15) is 6.42 Å². The number of nitrogens with zero attached hydrogens (tertiary/aromatic N) is 2. The molecule has 2 N–H and O–H groups in total. The van der Waals surface area contributed by atoms with Crippen LogP contribution in [-0.4, -0.2) is 41.7 Å². The van der Waals surface area contributed by atoms with Gasteiger partial charge in [0, 0.05) is 24.6 Å². The van der Waals surface area contributed by atoms with Crippen LogP contribution in [0.2, 0.25) is 0 Å². The van der Waals surface area contributed by atoms with Crippen LogP contribution < -0.4 is 10.6 Å². The fourth-order valence-electron chi connectivity index (χ4n) is 2.32. The molecule has 7 heteroatoms. The third-order valence-electron chi connectivity index (χ3n) is 3.40. The summed E-state index contributed by atoms with van der Waals surface area (Å²) in [6, 6.07) is 9.78. The zero-order valence-corrected chi connectivity index (χ0v) is 13.4. The SMILES string of the molecule is Cl.O=C(CC1COCCN1)Nc1cnc(-c2ccccc2)nc1. The van der Waals surface area contributed by atoms with Crippen LogP contribution in [0, 0.1) is 0 Å². The van der Waals surface area contributed by atoms with Crippen molar-refractivity contribution in [3.63, 3.8) is 0 Å². The van der Waals surface area contributed by atoms with Crippen LogP contribution in [0.3, 0.4) is 0 Å². The van der Waals surface area contributed by atoms with Crippen molar-refractivity contribution in [2.45, 2.75) is 12.5 Å². The standard InChI is InChI=1S/C16H18N4O2.ClH/c21-15(8-13-11-22-7-6-17-13)20-14-9-18-16(19-10-14)12-4-2-1-3-5-12;/h1-5,9-10,13,17H,6-8,11H2,(H,20,21);1H. The minimum Gasteiger partial charge on any atom is -0.378 e. The smallest absolute Gasteiger partial charge is 0.226 e. The summed E-state index contributed by atoms with van der Waals surface area (Å²) < 4.78 is 5.33. The summed E-state index contributed by atoms with van der Waals surface area (Å²) in [4.78, 5) is 20.5. The molecule has 0 saturated carbocycles. The maximum Gasteiger partial charge on any atom is 0.226 e. The highest BCUT2D eigenvalue weighted by molar-refractivity contribution is 5.90. The largest absolute Gasteiger partial charge is 0.378 e. The summed E-state index contributed by atoms with van der Waals surface area (Å²) in [5, 5.41) is 6.06. The van der Waals surface area contributed by atoms with E-state index in [1.165, 1.54) is 0 Å². The number of morpholine rings is 1. The summed E-state index contributed by atoms with van der Waals surface area (Å²) in [6.07, 6.45) is 3.62. The minimum atomic E-state index is -0.0703. The monoisotopic (exact) mass is 334 g/mol. The number of amides is 1. The number of carbonyl (C=O) groups excluding carboxylic acids is 1. The highest BCUT2D eigenvalue weighted by Gasteiger charge is 2.17. The molecule has 1 fully saturated rings. The molecule has 1 atom stereocenters. The number of hydrogen-bond acceptors (Lipinski definition) is 5. The van der Waals surface area contributed by atoms with Gasteiger partial charge < -0.3 is 15.4 Å². The van der Waals surface area contributed by atoms with Gasteiger partial charge in [0.05, 0.1) is 31.3 Å². The summed E-state index contributed by atoms with van der Waals surface area (Å²) in [5.74, 6) is 0.569. The number of hydrogen-bond donors (Lipinski definition) is 2. The van der Waals surface area contributed by atoms with Gasteiger partial charge in [0.25, 0.3) is 0 Å². The Bertz CT molecular complexity index is 616. The molecule has 0 aliphatic carbocycles. The van der Waals surface area contributed by atoms with E-state index in [0.717, 1.165) is 12.1 Å². The second-order valence-corrected chi connectivity index (χ2v) is 5.14. The number of ether oxygens (including phenoxy) is 1. The normalized spacial score (nSPS) is 17.1. The molecule has 0 spiro atoms. The van der Waals surface area contributed by atoms with Crippen molar-refractivity contribution in [1.82, 2.24) is 15.3 Å². The molecule has 1 amide bonds. The van der Waals surface area contributed by atoms with Crippen molar-refractivity contribution in [1.29, 1.82) is 0 Å². The van der Waals surface area contributed by atoms with E-state index in [4.69, 9.17) is 4.74 Å². The van der Waals surface area contributed by atoms with Crippen molar-refractivity contribution in [3.8, 4) is 11.4 Å². The Kier molecular flexibility index (Phi) is 6.46. The molecule has 0 radical (unpaired) electrons. The fraction of sp³-hybridized carbons (Fsp3) is 0.312. The predicted octanol–water partition coefficient (Wildman–Crippen LogP) is 1.88. The third kappa shape index (κ3) is 4.99. The third-order valence-corrected chi connectivity index (χ3v) is 3.40. The molecule has 1 unspecified atom stereocenters. The van der Waals surface area contributed by atoms with Gasteiger partial charge in [0.2, 0.25) is 5.91 Å². The molecule has 2 aromatic rings. The van der Waals surface area contributed by atoms with Crippen LogP contribution in [0.15, 0.2) is 42.7 Å². The lowest BCUT2D eigenvalue weighted by molar-refractivity contribution is -0.117. The maximum atomic E-state index is 12.0. The fourth-order valence-corrected chi connectivity index (χ4v) is 2.32. The average Bonchev–Trinajstić information content (AvgIpc) is 2.57. The Hall–Kier alpha value is -2.02. The van der Waals surface area contributed by atoms with Gasteiger partial charge in [-0.05, 0) is 0 Å². The Morgan fingerprint density at radius 3 is 2.65 bits per heavy atom. The number of benzene rings is 1. The number of anilines is 1. The van der Waals surface area contributed by atoms with Crippen LogP contribution in [0.5, 0.6) is 0 Å². The van der Waals surface area contributed by atoms with Crippen LogP contribution in [0.4, 0.5) is 5.69 Å². The van der Waals surface area contributed by atoms with E-state index in [1.807, 2.05) is 30.3 Å². The molecule has 122 valence electrons. The van der Waals surface area contributed by atoms with Crippen molar-refractivity contribution >= 4 is 24.0 Å². The second kappa shape index (κ2) is 8.57. The molecule has 6 nitrogen and oxygen atoms in total. The van der Waals surface area contributed by atoms with Gasteiger partial charge >= 0.3 is 0 Å². The molecule has 0 bridgehead atoms. The maximum absolute atomic E-state index is 12.0. The molecule has 2 heterocycles. The lowest BCUT2D eigenvalue weighted by Gasteiger charge is -2.23. The highest BCUT2D eigenvalue weighted by atomic mass is 35.5. The number of carbonyl (C=O) groups is 1. The lowest BCUT2D eigenvalue weighted by Crippen LogP contribution is -2.43.